The summed E-state index contributed by atoms with van der Waals surface area (Å²) in [6.07, 6.45) is 6.79. The standard InChI is InChI=1S/C16H21N3OS.C7H6O2.C2H6/c1-12-8-14(11-20)19(9-12)10-15-13(2)21-16(17-15)18-6-4-3-5-7-18;8-7(9)6-4-2-1-3-5-6;1-2/h8-9,11H,3-7,10H2,1-2H3;1-5H,(H,8,9);1-2H3. The van der Waals surface area contributed by atoms with Crippen molar-refractivity contribution in [2.45, 2.75) is 53.5 Å². The van der Waals surface area contributed by atoms with Crippen molar-refractivity contribution in [1.82, 2.24) is 9.55 Å². The first-order valence-corrected chi connectivity index (χ1v) is 11.9. The summed E-state index contributed by atoms with van der Waals surface area (Å²) in [5.74, 6) is -0.879. The number of aromatic carboxylic acids is 1. The van der Waals surface area contributed by atoms with E-state index in [1.54, 1.807) is 41.7 Å². The highest BCUT2D eigenvalue weighted by Gasteiger charge is 2.17. The summed E-state index contributed by atoms with van der Waals surface area (Å²) in [6, 6.07) is 10.2. The van der Waals surface area contributed by atoms with Gasteiger partial charge in [-0.05, 0) is 56.9 Å². The van der Waals surface area contributed by atoms with Gasteiger partial charge in [0, 0.05) is 24.2 Å². The second-order valence-electron chi connectivity index (χ2n) is 7.41. The van der Waals surface area contributed by atoms with E-state index in [2.05, 4.69) is 11.8 Å². The summed E-state index contributed by atoms with van der Waals surface area (Å²) in [4.78, 5) is 29.8. The number of carbonyl (C=O) groups excluding carboxylic acids is 1. The second kappa shape index (κ2) is 12.8. The molecule has 1 aromatic carbocycles. The molecule has 0 radical (unpaired) electrons. The van der Waals surface area contributed by atoms with Crippen LogP contribution in [0.5, 0.6) is 0 Å². The highest BCUT2D eigenvalue weighted by molar-refractivity contribution is 7.15. The second-order valence-corrected chi connectivity index (χ2v) is 8.59. The van der Waals surface area contributed by atoms with Crippen molar-refractivity contribution in [3.63, 3.8) is 0 Å². The molecule has 172 valence electrons. The molecule has 3 heterocycles. The van der Waals surface area contributed by atoms with Gasteiger partial charge in [0.15, 0.2) is 11.4 Å². The molecule has 1 saturated heterocycles. The fourth-order valence-electron chi connectivity index (χ4n) is 3.43. The van der Waals surface area contributed by atoms with E-state index in [0.29, 0.717) is 12.1 Å². The van der Waals surface area contributed by atoms with Crippen LogP contribution in [0.4, 0.5) is 5.13 Å². The first-order valence-electron chi connectivity index (χ1n) is 11.1. The molecule has 0 saturated carbocycles. The van der Waals surface area contributed by atoms with Gasteiger partial charge in [-0.25, -0.2) is 9.78 Å². The maximum atomic E-state index is 11.1. The maximum absolute atomic E-state index is 11.1. The van der Waals surface area contributed by atoms with Crippen LogP contribution < -0.4 is 4.90 Å². The van der Waals surface area contributed by atoms with Crippen LogP contribution in [0.2, 0.25) is 0 Å². The molecule has 0 aliphatic carbocycles. The molecule has 2 aromatic heterocycles. The van der Waals surface area contributed by atoms with Crippen LogP contribution in [0.25, 0.3) is 0 Å². The van der Waals surface area contributed by atoms with E-state index in [1.165, 1.54) is 24.1 Å². The number of nitrogens with zero attached hydrogens (tertiary/aromatic N) is 3. The average molecular weight is 456 g/mol. The fourth-order valence-corrected chi connectivity index (χ4v) is 4.40. The van der Waals surface area contributed by atoms with Gasteiger partial charge in [-0.2, -0.15) is 0 Å². The number of rotatable bonds is 5. The zero-order valence-electron chi connectivity index (χ0n) is 19.4. The van der Waals surface area contributed by atoms with Crippen molar-refractivity contribution in [3.05, 3.63) is 70.0 Å². The molecule has 0 atom stereocenters. The van der Waals surface area contributed by atoms with Crippen LogP contribution in [0.15, 0.2) is 42.6 Å². The largest absolute Gasteiger partial charge is 0.478 e. The molecule has 0 spiro atoms. The number of thiazole rings is 1. The molecule has 0 amide bonds. The highest BCUT2D eigenvalue weighted by Crippen LogP contribution is 2.28. The Morgan fingerprint density at radius 2 is 1.78 bits per heavy atom. The Morgan fingerprint density at radius 3 is 2.34 bits per heavy atom. The Balaban J connectivity index is 0.000000277. The number of anilines is 1. The van der Waals surface area contributed by atoms with Crippen molar-refractivity contribution in [3.8, 4) is 0 Å². The highest BCUT2D eigenvalue weighted by atomic mass is 32.1. The van der Waals surface area contributed by atoms with Crippen molar-refractivity contribution < 1.29 is 14.7 Å². The molecule has 0 unspecified atom stereocenters. The Bertz CT molecular complexity index is 989. The molecule has 3 aromatic rings. The number of carboxylic acids is 1. The smallest absolute Gasteiger partial charge is 0.335 e. The first-order chi connectivity index (χ1) is 15.5. The minimum absolute atomic E-state index is 0.331. The average Bonchev–Trinajstić information content (AvgIpc) is 3.38. The molecule has 1 N–H and O–H groups in total. The topological polar surface area (TPSA) is 75.4 Å². The number of hydrogen-bond donors (Lipinski definition) is 1. The van der Waals surface area contributed by atoms with Crippen LogP contribution in [0.1, 0.15) is 70.1 Å². The number of carbonyl (C=O) groups is 2. The molecular weight excluding hydrogens is 422 g/mol. The van der Waals surface area contributed by atoms with E-state index in [1.807, 2.05) is 37.6 Å². The molecular formula is C25H33N3O3S. The Kier molecular flexibility index (Phi) is 10.1. The van der Waals surface area contributed by atoms with Crippen molar-refractivity contribution in [2.24, 2.45) is 0 Å². The maximum Gasteiger partial charge on any atom is 0.335 e. The SMILES string of the molecule is CC.Cc1cc(C=O)n(Cc2nc(N3CCCCC3)sc2C)c1.O=C(O)c1ccccc1. The summed E-state index contributed by atoms with van der Waals surface area (Å²) >= 11 is 1.77. The summed E-state index contributed by atoms with van der Waals surface area (Å²) in [7, 11) is 0. The lowest BCUT2D eigenvalue weighted by Crippen LogP contribution is -2.29. The van der Waals surface area contributed by atoms with Crippen molar-refractivity contribution in [1.29, 1.82) is 0 Å². The van der Waals surface area contributed by atoms with Gasteiger partial charge in [0.1, 0.15) is 0 Å². The van der Waals surface area contributed by atoms with Gasteiger partial charge >= 0.3 is 5.97 Å². The predicted molar refractivity (Wildman–Crippen MR) is 131 cm³/mol. The molecule has 1 fully saturated rings. The third kappa shape index (κ3) is 7.05. The van der Waals surface area contributed by atoms with Crippen LogP contribution in [-0.4, -0.2) is 40.0 Å². The number of aryl methyl sites for hydroxylation is 2. The summed E-state index contributed by atoms with van der Waals surface area (Å²) in [5, 5.41) is 9.52. The quantitative estimate of drug-likeness (QED) is 0.490. The van der Waals surface area contributed by atoms with E-state index < -0.39 is 5.97 Å². The van der Waals surface area contributed by atoms with Crippen molar-refractivity contribution in [2.75, 3.05) is 18.0 Å². The summed E-state index contributed by atoms with van der Waals surface area (Å²) in [6.45, 7) is 11.1. The Morgan fingerprint density at radius 1 is 1.12 bits per heavy atom. The number of piperidine rings is 1. The minimum Gasteiger partial charge on any atom is -0.478 e. The Hall–Kier alpha value is -2.93. The number of aldehydes is 1. The number of hydrogen-bond acceptors (Lipinski definition) is 5. The van der Waals surface area contributed by atoms with Crippen LogP contribution in [-0.2, 0) is 6.54 Å². The lowest BCUT2D eigenvalue weighted by molar-refractivity contribution is 0.0696. The van der Waals surface area contributed by atoms with E-state index in [4.69, 9.17) is 10.1 Å². The fraction of sp³-hybridized carbons (Fsp3) is 0.400. The van der Waals surface area contributed by atoms with E-state index >= 15 is 0 Å². The van der Waals surface area contributed by atoms with Gasteiger partial charge in [-0.15, -0.1) is 11.3 Å². The van der Waals surface area contributed by atoms with Gasteiger partial charge in [0.05, 0.1) is 23.5 Å². The van der Waals surface area contributed by atoms with Crippen LogP contribution in [0.3, 0.4) is 0 Å². The van der Waals surface area contributed by atoms with E-state index in [-0.39, 0.29) is 0 Å². The number of aromatic nitrogens is 2. The van der Waals surface area contributed by atoms with Gasteiger partial charge in [-0.3, -0.25) is 4.79 Å². The van der Waals surface area contributed by atoms with Gasteiger partial charge in [0.25, 0.3) is 0 Å². The lowest BCUT2D eigenvalue weighted by Gasteiger charge is -2.25. The molecule has 1 aliphatic heterocycles. The normalized spacial score (nSPS) is 12.8. The molecule has 7 heteroatoms. The first kappa shape index (κ1) is 25.3. The minimum atomic E-state index is -0.879. The van der Waals surface area contributed by atoms with Gasteiger partial charge < -0.3 is 14.6 Å². The van der Waals surface area contributed by atoms with E-state index in [9.17, 15) is 9.59 Å². The van der Waals surface area contributed by atoms with Crippen LogP contribution in [0, 0.1) is 13.8 Å². The molecule has 1 aliphatic rings. The van der Waals surface area contributed by atoms with Gasteiger partial charge in [-0.1, -0.05) is 32.0 Å². The predicted octanol–water partition coefficient (Wildman–Crippen LogP) is 5.82. The zero-order valence-corrected chi connectivity index (χ0v) is 20.2. The summed E-state index contributed by atoms with van der Waals surface area (Å²) in [5.41, 5.74) is 3.25. The number of carboxylic acid groups (broad SMARTS) is 1. The van der Waals surface area contributed by atoms with Crippen LogP contribution >= 0.6 is 11.3 Å². The lowest BCUT2D eigenvalue weighted by atomic mass is 10.1. The van der Waals surface area contributed by atoms with Crippen molar-refractivity contribution >= 4 is 28.7 Å². The third-order valence-electron chi connectivity index (χ3n) is 5.04. The monoisotopic (exact) mass is 455 g/mol. The number of benzene rings is 1. The molecule has 6 nitrogen and oxygen atoms in total. The Labute approximate surface area is 194 Å². The molecule has 32 heavy (non-hydrogen) atoms. The molecule has 4 rings (SSSR count). The van der Waals surface area contributed by atoms with Gasteiger partial charge in [0.2, 0.25) is 0 Å². The summed E-state index contributed by atoms with van der Waals surface area (Å²) < 4.78 is 1.99. The zero-order chi connectivity index (χ0) is 23.5. The van der Waals surface area contributed by atoms with E-state index in [0.717, 1.165) is 41.5 Å². The molecule has 0 bridgehead atoms. The third-order valence-corrected chi connectivity index (χ3v) is 6.11.